The standard InChI is InChI=1S/C18H26N4.HI/c1-2-19-18(22-15-9-4-3-5-10-15)20-13-16-12-14-8-6-7-11-17(14)21-16;/h6-8,11-12,15,21H,2-5,9-10,13H2,1H3,(H2,19,20,22);1H. The third-order valence-electron chi connectivity index (χ3n) is 4.28. The molecule has 0 saturated heterocycles. The minimum atomic E-state index is 0. The van der Waals surface area contributed by atoms with E-state index in [9.17, 15) is 0 Å². The summed E-state index contributed by atoms with van der Waals surface area (Å²) in [5, 5.41) is 8.19. The lowest BCUT2D eigenvalue weighted by Crippen LogP contribution is -2.44. The van der Waals surface area contributed by atoms with Gasteiger partial charge in [-0.05, 0) is 37.3 Å². The van der Waals surface area contributed by atoms with Gasteiger partial charge in [-0.3, -0.25) is 0 Å². The summed E-state index contributed by atoms with van der Waals surface area (Å²) in [4.78, 5) is 8.17. The lowest BCUT2D eigenvalue weighted by molar-refractivity contribution is 0.410. The second kappa shape index (κ2) is 9.15. The maximum absolute atomic E-state index is 4.74. The molecule has 1 aromatic carbocycles. The van der Waals surface area contributed by atoms with Crippen molar-refractivity contribution in [3.05, 3.63) is 36.0 Å². The quantitative estimate of drug-likeness (QED) is 0.391. The Hall–Kier alpha value is -1.24. The van der Waals surface area contributed by atoms with Gasteiger partial charge >= 0.3 is 0 Å². The van der Waals surface area contributed by atoms with Gasteiger partial charge in [0.1, 0.15) is 0 Å². The van der Waals surface area contributed by atoms with Gasteiger partial charge in [0.25, 0.3) is 0 Å². The van der Waals surface area contributed by atoms with E-state index in [1.54, 1.807) is 0 Å². The molecule has 1 saturated carbocycles. The molecule has 23 heavy (non-hydrogen) atoms. The molecular formula is C18H27IN4. The van der Waals surface area contributed by atoms with E-state index >= 15 is 0 Å². The number of hydrogen-bond acceptors (Lipinski definition) is 1. The molecule has 2 aromatic rings. The summed E-state index contributed by atoms with van der Waals surface area (Å²) in [5.41, 5.74) is 2.33. The first-order valence-electron chi connectivity index (χ1n) is 8.46. The van der Waals surface area contributed by atoms with Gasteiger partial charge in [-0.1, -0.05) is 37.5 Å². The molecule has 3 N–H and O–H groups in total. The zero-order valence-electron chi connectivity index (χ0n) is 13.8. The van der Waals surface area contributed by atoms with Gasteiger partial charge in [0.15, 0.2) is 5.96 Å². The second-order valence-electron chi connectivity index (χ2n) is 6.06. The number of para-hydroxylation sites is 1. The van der Waals surface area contributed by atoms with Gasteiger partial charge in [-0.15, -0.1) is 24.0 Å². The van der Waals surface area contributed by atoms with Gasteiger partial charge in [-0.25, -0.2) is 4.99 Å². The first kappa shape index (κ1) is 18.1. The Morgan fingerprint density at radius 3 is 2.74 bits per heavy atom. The second-order valence-corrected chi connectivity index (χ2v) is 6.06. The molecule has 4 nitrogen and oxygen atoms in total. The average molecular weight is 426 g/mol. The molecule has 0 aliphatic heterocycles. The molecule has 3 rings (SSSR count). The number of aliphatic imine (C=N–C) groups is 1. The van der Waals surface area contributed by atoms with Crippen molar-refractivity contribution < 1.29 is 0 Å². The molecular weight excluding hydrogens is 399 g/mol. The summed E-state index contributed by atoms with van der Waals surface area (Å²) in [6, 6.07) is 11.1. The molecule has 1 aromatic heterocycles. The zero-order valence-corrected chi connectivity index (χ0v) is 16.1. The molecule has 126 valence electrons. The number of nitrogens with one attached hydrogen (secondary N) is 3. The summed E-state index contributed by atoms with van der Waals surface area (Å²) >= 11 is 0. The van der Waals surface area contributed by atoms with Crippen molar-refractivity contribution >= 4 is 40.8 Å². The minimum absolute atomic E-state index is 0. The fraction of sp³-hybridized carbons (Fsp3) is 0.500. The molecule has 0 amide bonds. The predicted octanol–water partition coefficient (Wildman–Crippen LogP) is 4.17. The molecule has 0 atom stereocenters. The summed E-state index contributed by atoms with van der Waals surface area (Å²) in [6.45, 7) is 3.68. The number of aromatic amines is 1. The van der Waals surface area contributed by atoms with Crippen LogP contribution in [0.15, 0.2) is 35.3 Å². The Morgan fingerprint density at radius 1 is 1.22 bits per heavy atom. The van der Waals surface area contributed by atoms with Gasteiger partial charge in [0.2, 0.25) is 0 Å². The fourth-order valence-electron chi connectivity index (χ4n) is 3.14. The topological polar surface area (TPSA) is 52.2 Å². The molecule has 1 aliphatic rings. The van der Waals surface area contributed by atoms with Crippen LogP contribution in [0.2, 0.25) is 0 Å². The highest BCUT2D eigenvalue weighted by Gasteiger charge is 2.14. The lowest BCUT2D eigenvalue weighted by atomic mass is 9.96. The van der Waals surface area contributed by atoms with Crippen LogP contribution in [-0.4, -0.2) is 23.5 Å². The monoisotopic (exact) mass is 426 g/mol. The van der Waals surface area contributed by atoms with Crippen molar-refractivity contribution in [3.63, 3.8) is 0 Å². The number of halogens is 1. The van der Waals surface area contributed by atoms with Crippen LogP contribution in [0.1, 0.15) is 44.7 Å². The number of benzene rings is 1. The van der Waals surface area contributed by atoms with Gasteiger partial charge in [0, 0.05) is 23.8 Å². The third kappa shape index (κ3) is 5.12. The fourth-order valence-corrected chi connectivity index (χ4v) is 3.14. The number of H-pyrrole nitrogens is 1. The van der Waals surface area contributed by atoms with Crippen LogP contribution in [0.5, 0.6) is 0 Å². The third-order valence-corrected chi connectivity index (χ3v) is 4.28. The number of aromatic nitrogens is 1. The van der Waals surface area contributed by atoms with Crippen molar-refractivity contribution in [2.24, 2.45) is 4.99 Å². The van der Waals surface area contributed by atoms with Gasteiger partial charge in [0.05, 0.1) is 6.54 Å². The van der Waals surface area contributed by atoms with Crippen molar-refractivity contribution in [2.75, 3.05) is 6.54 Å². The molecule has 5 heteroatoms. The Morgan fingerprint density at radius 2 is 2.00 bits per heavy atom. The SMILES string of the molecule is CCNC(=NCc1cc2ccccc2[nH]1)NC1CCCCC1.I. The van der Waals surface area contributed by atoms with Crippen LogP contribution in [0.4, 0.5) is 0 Å². The molecule has 0 spiro atoms. The molecule has 1 heterocycles. The molecule has 0 radical (unpaired) electrons. The van der Waals surface area contributed by atoms with E-state index in [2.05, 4.69) is 52.9 Å². The summed E-state index contributed by atoms with van der Waals surface area (Å²) in [7, 11) is 0. The van der Waals surface area contributed by atoms with Crippen molar-refractivity contribution in [1.29, 1.82) is 0 Å². The van der Waals surface area contributed by atoms with E-state index in [0.717, 1.165) is 18.2 Å². The summed E-state index contributed by atoms with van der Waals surface area (Å²) in [6.07, 6.45) is 6.56. The smallest absolute Gasteiger partial charge is 0.191 e. The van der Waals surface area contributed by atoms with E-state index in [4.69, 9.17) is 4.99 Å². The minimum Gasteiger partial charge on any atom is -0.357 e. The van der Waals surface area contributed by atoms with E-state index in [1.165, 1.54) is 43.0 Å². The Balaban J connectivity index is 0.00000192. The van der Waals surface area contributed by atoms with E-state index in [1.807, 2.05) is 0 Å². The van der Waals surface area contributed by atoms with Gasteiger partial charge < -0.3 is 15.6 Å². The van der Waals surface area contributed by atoms with Crippen LogP contribution >= 0.6 is 24.0 Å². The lowest BCUT2D eigenvalue weighted by Gasteiger charge is -2.24. The van der Waals surface area contributed by atoms with Crippen LogP contribution in [-0.2, 0) is 6.54 Å². The molecule has 1 aliphatic carbocycles. The highest BCUT2D eigenvalue weighted by molar-refractivity contribution is 14.0. The Kier molecular flexibility index (Phi) is 7.20. The molecule has 1 fully saturated rings. The van der Waals surface area contributed by atoms with Crippen molar-refractivity contribution in [1.82, 2.24) is 15.6 Å². The predicted molar refractivity (Wildman–Crippen MR) is 109 cm³/mol. The van der Waals surface area contributed by atoms with E-state index in [-0.39, 0.29) is 24.0 Å². The molecule has 0 unspecified atom stereocenters. The largest absolute Gasteiger partial charge is 0.357 e. The van der Waals surface area contributed by atoms with Crippen molar-refractivity contribution in [2.45, 2.75) is 51.6 Å². The summed E-state index contributed by atoms with van der Waals surface area (Å²) < 4.78 is 0. The van der Waals surface area contributed by atoms with E-state index < -0.39 is 0 Å². The van der Waals surface area contributed by atoms with Crippen LogP contribution < -0.4 is 10.6 Å². The van der Waals surface area contributed by atoms with Crippen LogP contribution in [0.3, 0.4) is 0 Å². The van der Waals surface area contributed by atoms with Crippen LogP contribution in [0, 0.1) is 0 Å². The first-order valence-corrected chi connectivity index (χ1v) is 8.46. The maximum atomic E-state index is 4.74. The number of rotatable bonds is 4. The first-order chi connectivity index (χ1) is 10.8. The Labute approximate surface area is 155 Å². The highest BCUT2D eigenvalue weighted by Crippen LogP contribution is 2.17. The van der Waals surface area contributed by atoms with Crippen molar-refractivity contribution in [3.8, 4) is 0 Å². The Bertz CT molecular complexity index is 596. The number of fused-ring (bicyclic) bond motifs is 1. The van der Waals surface area contributed by atoms with Crippen LogP contribution in [0.25, 0.3) is 10.9 Å². The highest BCUT2D eigenvalue weighted by atomic mass is 127. The normalized spacial score (nSPS) is 16.1. The zero-order chi connectivity index (χ0) is 15.2. The number of hydrogen-bond donors (Lipinski definition) is 3. The molecule has 0 bridgehead atoms. The average Bonchev–Trinajstić information content (AvgIpc) is 2.97. The number of guanidine groups is 1. The van der Waals surface area contributed by atoms with Gasteiger partial charge in [-0.2, -0.15) is 0 Å². The number of nitrogens with zero attached hydrogens (tertiary/aromatic N) is 1. The maximum Gasteiger partial charge on any atom is 0.191 e. The van der Waals surface area contributed by atoms with E-state index in [0.29, 0.717) is 12.6 Å². The summed E-state index contributed by atoms with van der Waals surface area (Å²) in [5.74, 6) is 0.938.